The second-order valence-electron chi connectivity index (χ2n) is 7.70. The fourth-order valence-corrected chi connectivity index (χ4v) is 3.83. The fraction of sp³-hybridized carbons (Fsp3) is 0.348. The number of fused-ring (bicyclic) bond motifs is 2. The van der Waals surface area contributed by atoms with Crippen molar-refractivity contribution in [3.05, 3.63) is 82.6 Å². The summed E-state index contributed by atoms with van der Waals surface area (Å²) in [5, 5.41) is 12.3. The van der Waals surface area contributed by atoms with Crippen molar-refractivity contribution in [2.75, 3.05) is 6.61 Å². The molecule has 2 heterocycles. The Labute approximate surface area is 181 Å². The van der Waals surface area contributed by atoms with Gasteiger partial charge in [-0.25, -0.2) is 0 Å². The van der Waals surface area contributed by atoms with Crippen molar-refractivity contribution < 1.29 is 9.53 Å². The Bertz CT molecular complexity index is 959. The van der Waals surface area contributed by atoms with Crippen LogP contribution in [-0.2, 0) is 35.5 Å². The van der Waals surface area contributed by atoms with Gasteiger partial charge in [-0.1, -0.05) is 59.3 Å². The van der Waals surface area contributed by atoms with E-state index in [-0.39, 0.29) is 17.9 Å². The first-order valence-electron chi connectivity index (χ1n) is 10.2. The Morgan fingerprint density at radius 3 is 2.63 bits per heavy atom. The van der Waals surface area contributed by atoms with E-state index in [0.29, 0.717) is 44.0 Å². The third kappa shape index (κ3) is 5.68. The largest absolute Gasteiger partial charge is 0.373 e. The molecule has 0 unspecified atom stereocenters. The molecule has 0 fully saturated rings. The normalized spacial score (nSPS) is 20.1. The number of halogens is 1. The van der Waals surface area contributed by atoms with E-state index in [2.05, 4.69) is 27.8 Å². The first-order chi connectivity index (χ1) is 14.7. The van der Waals surface area contributed by atoms with Crippen molar-refractivity contribution in [3.63, 3.8) is 0 Å². The molecule has 1 aliphatic heterocycles. The molecule has 0 aliphatic carbocycles. The number of hydrogen-bond acceptors (Lipinski definition) is 4. The van der Waals surface area contributed by atoms with Crippen molar-refractivity contribution in [2.45, 2.75) is 38.5 Å². The summed E-state index contributed by atoms with van der Waals surface area (Å²) >= 11 is 6.01. The molecule has 1 aliphatic rings. The molecule has 0 saturated carbocycles. The van der Waals surface area contributed by atoms with E-state index in [1.165, 1.54) is 5.56 Å². The average molecular weight is 425 g/mol. The summed E-state index contributed by atoms with van der Waals surface area (Å²) in [4.78, 5) is 13.2. The summed E-state index contributed by atoms with van der Waals surface area (Å²) in [6, 6.07) is 17.7. The topological polar surface area (TPSA) is 69.0 Å². The highest BCUT2D eigenvalue weighted by molar-refractivity contribution is 6.30. The lowest BCUT2D eigenvalue weighted by molar-refractivity contribution is -0.126. The Balaban J connectivity index is 1.53. The van der Waals surface area contributed by atoms with Gasteiger partial charge in [0.05, 0.1) is 25.5 Å². The van der Waals surface area contributed by atoms with E-state index in [9.17, 15) is 4.79 Å². The van der Waals surface area contributed by atoms with Crippen LogP contribution in [0.1, 0.15) is 23.2 Å². The first-order valence-corrected chi connectivity index (χ1v) is 10.6. The predicted octanol–water partition coefficient (Wildman–Crippen LogP) is 3.44. The molecule has 0 spiro atoms. The van der Waals surface area contributed by atoms with Gasteiger partial charge in [-0.15, -0.1) is 5.10 Å². The van der Waals surface area contributed by atoms with Gasteiger partial charge in [-0.3, -0.25) is 9.48 Å². The standard InChI is InChI=1S/C23H25ClN4O2/c24-20-8-6-18(7-9-20)12-19-10-11-28-14-22(26-27-28)16-30-15-21(25-23(19)29)13-17-4-2-1-3-5-17/h1-9,14,19,21H,10-13,15-16H2,(H,25,29)/t19-,21-/m0/s1. The lowest BCUT2D eigenvalue weighted by Gasteiger charge is -2.23. The number of rotatable bonds is 4. The molecule has 2 bridgehead atoms. The van der Waals surface area contributed by atoms with E-state index in [0.717, 1.165) is 11.3 Å². The van der Waals surface area contributed by atoms with Gasteiger partial charge < -0.3 is 10.1 Å². The molecule has 0 radical (unpaired) electrons. The fourth-order valence-electron chi connectivity index (χ4n) is 3.71. The summed E-state index contributed by atoms with van der Waals surface area (Å²) < 4.78 is 7.64. The molecule has 156 valence electrons. The van der Waals surface area contributed by atoms with Crippen LogP contribution in [-0.4, -0.2) is 33.5 Å². The molecule has 7 heteroatoms. The van der Waals surface area contributed by atoms with E-state index >= 15 is 0 Å². The number of amides is 1. The number of nitrogens with one attached hydrogen (secondary N) is 1. The number of benzene rings is 2. The number of carbonyl (C=O) groups excluding carboxylic acids is 1. The van der Waals surface area contributed by atoms with E-state index in [1.807, 2.05) is 48.7 Å². The van der Waals surface area contributed by atoms with Crippen LogP contribution >= 0.6 is 11.6 Å². The van der Waals surface area contributed by atoms with Crippen molar-refractivity contribution in [1.29, 1.82) is 0 Å². The highest BCUT2D eigenvalue weighted by Crippen LogP contribution is 2.18. The summed E-state index contributed by atoms with van der Waals surface area (Å²) in [5.74, 6) is -0.146. The molecule has 1 amide bonds. The van der Waals surface area contributed by atoms with Crippen LogP contribution in [0.3, 0.4) is 0 Å². The van der Waals surface area contributed by atoms with Gasteiger partial charge in [-0.2, -0.15) is 0 Å². The van der Waals surface area contributed by atoms with Gasteiger partial charge in [0.1, 0.15) is 5.69 Å². The molecule has 30 heavy (non-hydrogen) atoms. The number of nitrogens with zero attached hydrogens (tertiary/aromatic N) is 3. The molecule has 2 atom stereocenters. The third-order valence-electron chi connectivity index (χ3n) is 5.30. The van der Waals surface area contributed by atoms with Crippen LogP contribution in [0.5, 0.6) is 0 Å². The predicted molar refractivity (Wildman–Crippen MR) is 115 cm³/mol. The summed E-state index contributed by atoms with van der Waals surface area (Å²) in [6.07, 6.45) is 3.93. The van der Waals surface area contributed by atoms with Crippen LogP contribution in [0, 0.1) is 5.92 Å². The van der Waals surface area contributed by atoms with Crippen molar-refractivity contribution in [3.8, 4) is 0 Å². The first kappa shape index (κ1) is 20.6. The zero-order valence-corrected chi connectivity index (χ0v) is 17.5. The van der Waals surface area contributed by atoms with Gasteiger partial charge in [0.2, 0.25) is 5.91 Å². The molecule has 1 aromatic heterocycles. The Kier molecular flexibility index (Phi) is 6.77. The van der Waals surface area contributed by atoms with Crippen molar-refractivity contribution in [1.82, 2.24) is 20.3 Å². The molecular weight excluding hydrogens is 400 g/mol. The average Bonchev–Trinajstić information content (AvgIpc) is 3.20. The number of aromatic nitrogens is 3. The van der Waals surface area contributed by atoms with Gasteiger partial charge in [0.15, 0.2) is 0 Å². The van der Waals surface area contributed by atoms with Gasteiger partial charge >= 0.3 is 0 Å². The van der Waals surface area contributed by atoms with Crippen molar-refractivity contribution >= 4 is 17.5 Å². The van der Waals surface area contributed by atoms with E-state index < -0.39 is 0 Å². The molecule has 2 aromatic carbocycles. The monoisotopic (exact) mass is 424 g/mol. The Morgan fingerprint density at radius 2 is 1.83 bits per heavy atom. The summed E-state index contributed by atoms with van der Waals surface area (Å²) in [5.41, 5.74) is 3.05. The van der Waals surface area contributed by atoms with E-state index in [4.69, 9.17) is 16.3 Å². The molecule has 3 aromatic rings. The maximum Gasteiger partial charge on any atom is 0.223 e. The maximum atomic E-state index is 13.2. The van der Waals surface area contributed by atoms with Gasteiger partial charge in [0, 0.05) is 17.5 Å². The minimum Gasteiger partial charge on any atom is -0.373 e. The molecular formula is C23H25ClN4O2. The smallest absolute Gasteiger partial charge is 0.223 e. The molecule has 6 nitrogen and oxygen atoms in total. The second-order valence-corrected chi connectivity index (χ2v) is 8.14. The highest BCUT2D eigenvalue weighted by atomic mass is 35.5. The zero-order valence-electron chi connectivity index (χ0n) is 16.7. The van der Waals surface area contributed by atoms with Crippen molar-refractivity contribution in [2.24, 2.45) is 5.92 Å². The minimum absolute atomic E-state index is 0.0374. The lowest BCUT2D eigenvalue weighted by atomic mass is 9.94. The minimum atomic E-state index is -0.184. The number of hydrogen-bond donors (Lipinski definition) is 1. The van der Waals surface area contributed by atoms with Crippen LogP contribution in [0.2, 0.25) is 5.02 Å². The Morgan fingerprint density at radius 1 is 1.07 bits per heavy atom. The zero-order chi connectivity index (χ0) is 20.8. The van der Waals surface area contributed by atoms with Crippen LogP contribution in [0.25, 0.3) is 0 Å². The molecule has 0 saturated heterocycles. The number of carbonyl (C=O) groups is 1. The Hall–Kier alpha value is -2.70. The number of aryl methyl sites for hydroxylation is 1. The van der Waals surface area contributed by atoms with Crippen LogP contribution in [0.15, 0.2) is 60.8 Å². The van der Waals surface area contributed by atoms with Gasteiger partial charge in [-0.05, 0) is 42.5 Å². The lowest BCUT2D eigenvalue weighted by Crippen LogP contribution is -2.43. The number of ether oxygens (including phenoxy) is 1. The SMILES string of the molecule is O=C1N[C@@H](Cc2ccccc2)COCc2cn(nn2)CC[C@H]1Cc1ccc(Cl)cc1. The summed E-state index contributed by atoms with van der Waals surface area (Å²) in [7, 11) is 0. The maximum absolute atomic E-state index is 13.2. The molecule has 1 N–H and O–H groups in total. The van der Waals surface area contributed by atoms with E-state index in [1.54, 1.807) is 4.68 Å². The van der Waals surface area contributed by atoms with Crippen LogP contribution < -0.4 is 5.32 Å². The second kappa shape index (κ2) is 9.87. The summed E-state index contributed by atoms with van der Waals surface area (Å²) in [6.45, 7) is 1.43. The third-order valence-corrected chi connectivity index (χ3v) is 5.55. The van der Waals surface area contributed by atoms with Gasteiger partial charge in [0.25, 0.3) is 0 Å². The molecule has 4 rings (SSSR count). The highest BCUT2D eigenvalue weighted by Gasteiger charge is 2.23. The quantitative estimate of drug-likeness (QED) is 0.696. The van der Waals surface area contributed by atoms with Crippen LogP contribution in [0.4, 0.5) is 0 Å².